The van der Waals surface area contributed by atoms with Gasteiger partial charge in [0.2, 0.25) is 0 Å². The van der Waals surface area contributed by atoms with Crippen molar-refractivity contribution in [1.29, 1.82) is 0 Å². The SMILES string of the molecule is CC(C)[C@](C)(O)[C@@](C)(O)C(C)C. The molecule has 2 heteroatoms. The Kier molecular flexibility index (Phi) is 3.32. The normalized spacial score (nSPS) is 22.5. The topological polar surface area (TPSA) is 40.5 Å². The van der Waals surface area contributed by atoms with Gasteiger partial charge in [0.05, 0.1) is 11.2 Å². The fraction of sp³-hybridized carbons (Fsp3) is 1.00. The van der Waals surface area contributed by atoms with Gasteiger partial charge in [0, 0.05) is 0 Å². The van der Waals surface area contributed by atoms with Crippen LogP contribution in [0.15, 0.2) is 0 Å². The third-order valence-corrected chi connectivity index (χ3v) is 3.27. The van der Waals surface area contributed by atoms with Crippen LogP contribution in [0.25, 0.3) is 0 Å². The number of hydrogen-bond donors (Lipinski definition) is 2. The molecule has 0 aliphatic heterocycles. The van der Waals surface area contributed by atoms with Gasteiger partial charge in [-0.1, -0.05) is 27.7 Å². The van der Waals surface area contributed by atoms with Gasteiger partial charge in [0.15, 0.2) is 0 Å². The Labute approximate surface area is 75.6 Å². The summed E-state index contributed by atoms with van der Waals surface area (Å²) in [5.74, 6) is 0.102. The third-order valence-electron chi connectivity index (χ3n) is 3.27. The van der Waals surface area contributed by atoms with Gasteiger partial charge in [-0.3, -0.25) is 0 Å². The standard InChI is InChI=1S/C10H22O2/c1-7(2)9(5,11)10(6,12)8(3)4/h7-8,11-12H,1-6H3/t9-,10-/m0/s1. The van der Waals surface area contributed by atoms with Crippen LogP contribution in [-0.2, 0) is 0 Å². The van der Waals surface area contributed by atoms with Crippen molar-refractivity contribution in [3.8, 4) is 0 Å². The molecule has 0 bridgehead atoms. The highest BCUT2D eigenvalue weighted by atomic mass is 16.4. The van der Waals surface area contributed by atoms with Crippen LogP contribution in [0, 0.1) is 11.8 Å². The molecule has 0 fully saturated rings. The Morgan fingerprint density at radius 1 is 0.750 bits per heavy atom. The van der Waals surface area contributed by atoms with Crippen molar-refractivity contribution in [3.05, 3.63) is 0 Å². The van der Waals surface area contributed by atoms with Crippen LogP contribution in [0.5, 0.6) is 0 Å². The second-order valence-electron chi connectivity index (χ2n) is 4.60. The van der Waals surface area contributed by atoms with Crippen molar-refractivity contribution in [3.63, 3.8) is 0 Å². The summed E-state index contributed by atoms with van der Waals surface area (Å²) in [6.07, 6.45) is 0. The Morgan fingerprint density at radius 2 is 0.917 bits per heavy atom. The minimum atomic E-state index is -1.03. The number of rotatable bonds is 3. The molecule has 2 nitrogen and oxygen atoms in total. The van der Waals surface area contributed by atoms with Crippen molar-refractivity contribution in [2.24, 2.45) is 11.8 Å². The minimum absolute atomic E-state index is 0.0508. The lowest BCUT2D eigenvalue weighted by molar-refractivity contribution is -0.176. The van der Waals surface area contributed by atoms with Crippen LogP contribution in [-0.4, -0.2) is 21.4 Å². The van der Waals surface area contributed by atoms with E-state index in [1.807, 2.05) is 27.7 Å². The molecule has 0 heterocycles. The van der Waals surface area contributed by atoms with E-state index in [0.717, 1.165) is 0 Å². The van der Waals surface area contributed by atoms with E-state index >= 15 is 0 Å². The Hall–Kier alpha value is -0.0800. The Morgan fingerprint density at radius 3 is 1.00 bits per heavy atom. The highest BCUT2D eigenvalue weighted by molar-refractivity contribution is 4.97. The molecule has 0 aromatic heterocycles. The first-order valence-corrected chi connectivity index (χ1v) is 4.58. The molecule has 0 aromatic carbocycles. The zero-order valence-corrected chi connectivity index (χ0v) is 9.05. The monoisotopic (exact) mass is 174 g/mol. The molecule has 0 aromatic rings. The van der Waals surface area contributed by atoms with E-state index in [4.69, 9.17) is 0 Å². The zero-order chi connectivity index (χ0) is 10.2. The van der Waals surface area contributed by atoms with E-state index in [-0.39, 0.29) is 11.8 Å². The summed E-state index contributed by atoms with van der Waals surface area (Å²) in [5, 5.41) is 20.1. The van der Waals surface area contributed by atoms with Crippen molar-refractivity contribution in [2.45, 2.75) is 52.7 Å². The third kappa shape index (κ3) is 1.80. The van der Waals surface area contributed by atoms with Crippen molar-refractivity contribution in [1.82, 2.24) is 0 Å². The van der Waals surface area contributed by atoms with E-state index in [9.17, 15) is 10.2 Å². The molecule has 12 heavy (non-hydrogen) atoms. The number of hydrogen-bond acceptors (Lipinski definition) is 2. The zero-order valence-electron chi connectivity index (χ0n) is 9.05. The first-order chi connectivity index (χ1) is 5.14. The van der Waals surface area contributed by atoms with Gasteiger partial charge in [0.25, 0.3) is 0 Å². The molecule has 74 valence electrons. The van der Waals surface area contributed by atoms with Crippen LogP contribution < -0.4 is 0 Å². The summed E-state index contributed by atoms with van der Waals surface area (Å²) in [7, 11) is 0. The molecule has 2 atom stereocenters. The second kappa shape index (κ2) is 3.35. The molecule has 2 N–H and O–H groups in total. The first kappa shape index (κ1) is 11.9. The molecule has 0 spiro atoms. The maximum atomic E-state index is 10.0. The summed E-state index contributed by atoms with van der Waals surface area (Å²) >= 11 is 0. The fourth-order valence-corrected chi connectivity index (χ4v) is 1.17. The second-order valence-corrected chi connectivity index (χ2v) is 4.60. The largest absolute Gasteiger partial charge is 0.387 e. The fourth-order valence-electron chi connectivity index (χ4n) is 1.17. The Balaban J connectivity index is 4.75. The van der Waals surface area contributed by atoms with Crippen LogP contribution in [0.4, 0.5) is 0 Å². The summed E-state index contributed by atoms with van der Waals surface area (Å²) < 4.78 is 0. The molecule has 0 saturated carbocycles. The first-order valence-electron chi connectivity index (χ1n) is 4.58. The molecule has 0 radical (unpaired) electrons. The predicted molar refractivity (Wildman–Crippen MR) is 50.9 cm³/mol. The number of aliphatic hydroxyl groups is 2. The van der Waals surface area contributed by atoms with Gasteiger partial charge in [-0.05, 0) is 25.7 Å². The molecule has 0 rings (SSSR count). The van der Waals surface area contributed by atoms with E-state index in [1.54, 1.807) is 13.8 Å². The van der Waals surface area contributed by atoms with Crippen molar-refractivity contribution in [2.75, 3.05) is 0 Å². The molecule has 0 saturated heterocycles. The van der Waals surface area contributed by atoms with Gasteiger partial charge in [0.1, 0.15) is 0 Å². The lowest BCUT2D eigenvalue weighted by Crippen LogP contribution is -2.56. The summed E-state index contributed by atoms with van der Waals surface area (Å²) in [6.45, 7) is 11.0. The van der Waals surface area contributed by atoms with Gasteiger partial charge in [-0.15, -0.1) is 0 Å². The van der Waals surface area contributed by atoms with Crippen LogP contribution in [0.2, 0.25) is 0 Å². The Bertz CT molecular complexity index is 128. The molecular weight excluding hydrogens is 152 g/mol. The van der Waals surface area contributed by atoms with Crippen LogP contribution >= 0.6 is 0 Å². The maximum absolute atomic E-state index is 10.0. The van der Waals surface area contributed by atoms with Crippen molar-refractivity contribution < 1.29 is 10.2 Å². The van der Waals surface area contributed by atoms with Crippen LogP contribution in [0.1, 0.15) is 41.5 Å². The van der Waals surface area contributed by atoms with Gasteiger partial charge < -0.3 is 10.2 Å². The molecular formula is C10H22O2. The molecule has 0 amide bonds. The lowest BCUT2D eigenvalue weighted by Gasteiger charge is -2.44. The average molecular weight is 174 g/mol. The lowest BCUT2D eigenvalue weighted by atomic mass is 9.72. The quantitative estimate of drug-likeness (QED) is 0.685. The predicted octanol–water partition coefficient (Wildman–Crippen LogP) is 1.80. The summed E-state index contributed by atoms with van der Waals surface area (Å²) in [4.78, 5) is 0. The average Bonchev–Trinajstić information content (AvgIpc) is 1.86. The smallest absolute Gasteiger partial charge is 0.0927 e. The summed E-state index contributed by atoms with van der Waals surface area (Å²) in [5.41, 5.74) is -2.05. The maximum Gasteiger partial charge on any atom is 0.0927 e. The van der Waals surface area contributed by atoms with Gasteiger partial charge in [-0.2, -0.15) is 0 Å². The highest BCUT2D eigenvalue weighted by Crippen LogP contribution is 2.34. The van der Waals surface area contributed by atoms with Gasteiger partial charge in [-0.25, -0.2) is 0 Å². The van der Waals surface area contributed by atoms with E-state index in [1.165, 1.54) is 0 Å². The summed E-state index contributed by atoms with van der Waals surface area (Å²) in [6, 6.07) is 0. The van der Waals surface area contributed by atoms with Crippen molar-refractivity contribution >= 4 is 0 Å². The molecule has 0 aliphatic rings. The van der Waals surface area contributed by atoms with E-state index < -0.39 is 11.2 Å². The highest BCUT2D eigenvalue weighted by Gasteiger charge is 2.45. The van der Waals surface area contributed by atoms with Gasteiger partial charge >= 0.3 is 0 Å². The van der Waals surface area contributed by atoms with E-state index in [2.05, 4.69) is 0 Å². The molecule has 0 aliphatic carbocycles. The minimum Gasteiger partial charge on any atom is -0.387 e. The van der Waals surface area contributed by atoms with E-state index in [0.29, 0.717) is 0 Å². The van der Waals surface area contributed by atoms with Crippen LogP contribution in [0.3, 0.4) is 0 Å². The molecule has 0 unspecified atom stereocenters.